The molecule has 1 aliphatic rings. The zero-order valence-corrected chi connectivity index (χ0v) is 16.9. The Bertz CT molecular complexity index is 709. The summed E-state index contributed by atoms with van der Waals surface area (Å²) in [5.41, 5.74) is 1.25. The van der Waals surface area contributed by atoms with Gasteiger partial charge in [0.1, 0.15) is 11.4 Å². The van der Waals surface area contributed by atoms with Gasteiger partial charge in [0.05, 0.1) is 19.6 Å². The van der Waals surface area contributed by atoms with Gasteiger partial charge in [-0.25, -0.2) is 4.79 Å². The highest BCUT2D eigenvalue weighted by atomic mass is 16.6. The molecule has 0 N–H and O–H groups in total. The zero-order chi connectivity index (χ0) is 20.2. The monoisotopic (exact) mass is 374 g/mol. The lowest BCUT2D eigenvalue weighted by Gasteiger charge is -2.28. The van der Waals surface area contributed by atoms with Crippen LogP contribution in [0.3, 0.4) is 0 Å². The number of amides is 2. The fourth-order valence-corrected chi connectivity index (χ4v) is 3.11. The van der Waals surface area contributed by atoms with Crippen LogP contribution in [0.1, 0.15) is 38.3 Å². The van der Waals surface area contributed by atoms with Crippen LogP contribution in [-0.4, -0.2) is 60.7 Å². The lowest BCUT2D eigenvalue weighted by Crippen LogP contribution is -2.42. The molecule has 1 unspecified atom stereocenters. The van der Waals surface area contributed by atoms with Crippen LogP contribution in [0.25, 0.3) is 6.08 Å². The SMILES string of the molecule is C=Cc1ccc(OC)c(CC(=O)N2CCC(N(C)C(=O)OC(C)(C)C)C2)c1. The minimum atomic E-state index is -0.536. The Morgan fingerprint density at radius 3 is 2.67 bits per heavy atom. The molecule has 1 aliphatic heterocycles. The van der Waals surface area contributed by atoms with Crippen molar-refractivity contribution in [2.24, 2.45) is 0 Å². The van der Waals surface area contributed by atoms with Gasteiger partial charge in [0, 0.05) is 25.7 Å². The summed E-state index contributed by atoms with van der Waals surface area (Å²) in [6.45, 7) is 10.4. The van der Waals surface area contributed by atoms with Gasteiger partial charge in [-0.1, -0.05) is 18.7 Å². The molecule has 1 saturated heterocycles. The van der Waals surface area contributed by atoms with Crippen LogP contribution < -0.4 is 4.74 Å². The summed E-state index contributed by atoms with van der Waals surface area (Å²) in [7, 11) is 3.32. The number of likely N-dealkylation sites (N-methyl/N-ethyl adjacent to an activating group) is 1. The van der Waals surface area contributed by atoms with E-state index in [1.807, 2.05) is 39.0 Å². The Balaban J connectivity index is 2.00. The fraction of sp³-hybridized carbons (Fsp3) is 0.524. The lowest BCUT2D eigenvalue weighted by molar-refractivity contribution is -0.129. The molecule has 0 aliphatic carbocycles. The lowest BCUT2D eigenvalue weighted by atomic mass is 10.1. The topological polar surface area (TPSA) is 59.1 Å². The molecule has 0 aromatic heterocycles. The van der Waals surface area contributed by atoms with E-state index in [4.69, 9.17) is 9.47 Å². The number of likely N-dealkylation sites (tertiary alicyclic amines) is 1. The van der Waals surface area contributed by atoms with Crippen molar-refractivity contribution in [3.8, 4) is 5.75 Å². The maximum atomic E-state index is 12.8. The van der Waals surface area contributed by atoms with Crippen molar-refractivity contribution in [3.63, 3.8) is 0 Å². The smallest absolute Gasteiger partial charge is 0.410 e. The highest BCUT2D eigenvalue weighted by Gasteiger charge is 2.33. The molecule has 1 atom stereocenters. The first kappa shape index (κ1) is 20.8. The number of carbonyl (C=O) groups is 2. The van der Waals surface area contributed by atoms with Crippen LogP contribution in [0.15, 0.2) is 24.8 Å². The largest absolute Gasteiger partial charge is 0.496 e. The summed E-state index contributed by atoms with van der Waals surface area (Å²) < 4.78 is 10.8. The van der Waals surface area contributed by atoms with Gasteiger partial charge in [-0.05, 0) is 44.9 Å². The molecule has 0 spiro atoms. The Morgan fingerprint density at radius 1 is 1.37 bits per heavy atom. The van der Waals surface area contributed by atoms with Gasteiger partial charge in [-0.15, -0.1) is 0 Å². The molecule has 1 aromatic carbocycles. The van der Waals surface area contributed by atoms with Crippen molar-refractivity contribution < 1.29 is 19.1 Å². The van der Waals surface area contributed by atoms with Crippen LogP contribution in [-0.2, 0) is 16.0 Å². The number of methoxy groups -OCH3 is 1. The van der Waals surface area contributed by atoms with E-state index < -0.39 is 5.60 Å². The van der Waals surface area contributed by atoms with Crippen molar-refractivity contribution in [1.82, 2.24) is 9.80 Å². The van der Waals surface area contributed by atoms with E-state index in [1.165, 1.54) is 0 Å². The van der Waals surface area contributed by atoms with E-state index in [9.17, 15) is 9.59 Å². The minimum absolute atomic E-state index is 0.0228. The Morgan fingerprint density at radius 2 is 2.07 bits per heavy atom. The quantitative estimate of drug-likeness (QED) is 0.793. The van der Waals surface area contributed by atoms with E-state index >= 15 is 0 Å². The molecule has 148 valence electrons. The summed E-state index contributed by atoms with van der Waals surface area (Å²) in [6, 6.07) is 5.64. The van der Waals surface area contributed by atoms with E-state index in [0.717, 1.165) is 17.5 Å². The molecule has 27 heavy (non-hydrogen) atoms. The van der Waals surface area contributed by atoms with Crippen LogP contribution >= 0.6 is 0 Å². The molecule has 0 radical (unpaired) electrons. The third-order valence-electron chi connectivity index (χ3n) is 4.63. The third-order valence-corrected chi connectivity index (χ3v) is 4.63. The molecule has 1 heterocycles. The summed E-state index contributed by atoms with van der Waals surface area (Å²) in [4.78, 5) is 28.4. The fourth-order valence-electron chi connectivity index (χ4n) is 3.11. The van der Waals surface area contributed by atoms with E-state index in [0.29, 0.717) is 18.8 Å². The molecule has 1 aromatic rings. The zero-order valence-electron chi connectivity index (χ0n) is 16.9. The number of rotatable bonds is 5. The number of hydrogen-bond acceptors (Lipinski definition) is 4. The molecule has 6 heteroatoms. The first-order valence-corrected chi connectivity index (χ1v) is 9.17. The highest BCUT2D eigenvalue weighted by Crippen LogP contribution is 2.23. The third kappa shape index (κ3) is 5.49. The summed E-state index contributed by atoms with van der Waals surface area (Å²) in [6.07, 6.45) is 2.39. The highest BCUT2D eigenvalue weighted by molar-refractivity contribution is 5.80. The first-order valence-electron chi connectivity index (χ1n) is 9.17. The second-order valence-electron chi connectivity index (χ2n) is 7.83. The van der Waals surface area contributed by atoms with Crippen LogP contribution in [0, 0.1) is 0 Å². The van der Waals surface area contributed by atoms with Crippen LogP contribution in [0.2, 0.25) is 0 Å². The number of carbonyl (C=O) groups excluding carboxylic acids is 2. The molecule has 0 saturated carbocycles. The summed E-state index contributed by atoms with van der Waals surface area (Å²) in [5.74, 6) is 0.713. The van der Waals surface area contributed by atoms with E-state index in [1.54, 1.807) is 30.0 Å². The van der Waals surface area contributed by atoms with E-state index in [-0.39, 0.29) is 24.5 Å². The predicted octanol–water partition coefficient (Wildman–Crippen LogP) is 3.35. The van der Waals surface area contributed by atoms with E-state index in [2.05, 4.69) is 6.58 Å². The van der Waals surface area contributed by atoms with Crippen molar-refractivity contribution in [1.29, 1.82) is 0 Å². The normalized spacial score (nSPS) is 16.8. The number of hydrogen-bond donors (Lipinski definition) is 0. The Hall–Kier alpha value is -2.50. The second-order valence-corrected chi connectivity index (χ2v) is 7.83. The number of benzene rings is 1. The molecule has 2 amide bonds. The van der Waals surface area contributed by atoms with Gasteiger partial charge in [0.15, 0.2) is 0 Å². The molecule has 1 fully saturated rings. The van der Waals surface area contributed by atoms with Crippen LogP contribution in [0.5, 0.6) is 5.75 Å². The number of ether oxygens (including phenoxy) is 2. The summed E-state index contributed by atoms with van der Waals surface area (Å²) >= 11 is 0. The van der Waals surface area contributed by atoms with Crippen molar-refractivity contribution >= 4 is 18.1 Å². The first-order chi connectivity index (χ1) is 12.6. The minimum Gasteiger partial charge on any atom is -0.496 e. The molecule has 0 bridgehead atoms. The average molecular weight is 374 g/mol. The molecular formula is C21H30N2O4. The van der Waals surface area contributed by atoms with Gasteiger partial charge >= 0.3 is 6.09 Å². The molecule has 6 nitrogen and oxygen atoms in total. The standard InChI is InChI=1S/C21H30N2O4/c1-7-15-8-9-18(26-6)16(12-15)13-19(24)23-11-10-17(14-23)22(5)20(25)27-21(2,3)4/h7-9,12,17H,1,10-11,13-14H2,2-6H3. The van der Waals surface area contributed by atoms with Gasteiger partial charge in [-0.3, -0.25) is 4.79 Å². The van der Waals surface area contributed by atoms with Gasteiger partial charge < -0.3 is 19.3 Å². The van der Waals surface area contributed by atoms with Crippen molar-refractivity contribution in [2.75, 3.05) is 27.2 Å². The predicted molar refractivity (Wildman–Crippen MR) is 106 cm³/mol. The van der Waals surface area contributed by atoms with Crippen molar-refractivity contribution in [2.45, 2.75) is 45.3 Å². The van der Waals surface area contributed by atoms with Crippen LogP contribution in [0.4, 0.5) is 4.79 Å². The maximum Gasteiger partial charge on any atom is 0.410 e. The number of nitrogens with zero attached hydrogens (tertiary/aromatic N) is 2. The Labute approximate surface area is 161 Å². The molecule has 2 rings (SSSR count). The summed E-state index contributed by atoms with van der Waals surface area (Å²) in [5, 5.41) is 0. The Kier molecular flexibility index (Phi) is 6.52. The van der Waals surface area contributed by atoms with Gasteiger partial charge in [0.25, 0.3) is 0 Å². The van der Waals surface area contributed by atoms with Gasteiger partial charge in [0.2, 0.25) is 5.91 Å². The molecular weight excluding hydrogens is 344 g/mol. The van der Waals surface area contributed by atoms with Crippen molar-refractivity contribution in [3.05, 3.63) is 35.9 Å². The average Bonchev–Trinajstić information content (AvgIpc) is 3.09. The van der Waals surface area contributed by atoms with Gasteiger partial charge in [-0.2, -0.15) is 0 Å². The second kappa shape index (κ2) is 8.46. The maximum absolute atomic E-state index is 12.8.